The molecule has 1 spiro atoms. The van der Waals surface area contributed by atoms with E-state index in [9.17, 15) is 9.90 Å². The highest BCUT2D eigenvalue weighted by Crippen LogP contribution is 2.47. The van der Waals surface area contributed by atoms with Crippen molar-refractivity contribution in [1.29, 1.82) is 0 Å². The SMILES string of the molecule is O=C(/C=C/c1ccccc1)O[C@H](c1ccccc1)[C@H]1O[C@@H]2OC3(CCCCC3)O[C@@H]2[C@H]1O. The predicted octanol–water partition coefficient (Wildman–Crippen LogP) is 4.15. The van der Waals surface area contributed by atoms with E-state index in [2.05, 4.69) is 0 Å². The molecule has 1 aliphatic carbocycles. The van der Waals surface area contributed by atoms with E-state index in [0.717, 1.165) is 36.8 Å². The highest BCUT2D eigenvalue weighted by atomic mass is 16.8. The number of aliphatic hydroxyl groups excluding tert-OH is 1. The van der Waals surface area contributed by atoms with Gasteiger partial charge in [0.25, 0.3) is 0 Å². The fourth-order valence-electron chi connectivity index (χ4n) is 4.81. The molecule has 5 atom stereocenters. The van der Waals surface area contributed by atoms with Gasteiger partial charge < -0.3 is 24.1 Å². The number of hydrogen-bond donors (Lipinski definition) is 1. The first-order valence-corrected chi connectivity index (χ1v) is 11.3. The smallest absolute Gasteiger partial charge is 0.331 e. The van der Waals surface area contributed by atoms with Crippen molar-refractivity contribution in [3.8, 4) is 0 Å². The third kappa shape index (κ3) is 4.36. The van der Waals surface area contributed by atoms with Gasteiger partial charge in [0.1, 0.15) is 18.3 Å². The first kappa shape index (κ1) is 21.3. The summed E-state index contributed by atoms with van der Waals surface area (Å²) in [5, 5.41) is 11.1. The molecule has 2 saturated heterocycles. The van der Waals surface area contributed by atoms with Crippen LogP contribution in [0.25, 0.3) is 6.08 Å². The standard InChI is InChI=1S/C26H28O6/c27-20(15-14-18-10-4-1-5-11-18)29-22(19-12-6-2-7-13-19)23-21(28)24-25(30-23)32-26(31-24)16-8-3-9-17-26/h1-2,4-7,10-15,21-25,28H,3,8-9,16-17H2/b15-14+/t21-,22+,23-,24+,25+/m0/s1. The Labute approximate surface area is 187 Å². The van der Waals surface area contributed by atoms with Crippen LogP contribution in [0.4, 0.5) is 0 Å². The average Bonchev–Trinajstić information content (AvgIpc) is 3.32. The van der Waals surface area contributed by atoms with Crippen LogP contribution in [0.1, 0.15) is 49.3 Å². The van der Waals surface area contributed by atoms with Gasteiger partial charge in [0.15, 0.2) is 18.2 Å². The van der Waals surface area contributed by atoms with E-state index in [0.29, 0.717) is 0 Å². The van der Waals surface area contributed by atoms with Gasteiger partial charge in [-0.1, -0.05) is 67.1 Å². The summed E-state index contributed by atoms with van der Waals surface area (Å²) in [6.07, 6.45) is 4.12. The highest BCUT2D eigenvalue weighted by Gasteiger charge is 2.59. The van der Waals surface area contributed by atoms with Crippen molar-refractivity contribution < 1.29 is 28.8 Å². The summed E-state index contributed by atoms with van der Waals surface area (Å²) < 4.78 is 24.3. The molecule has 168 valence electrons. The van der Waals surface area contributed by atoms with E-state index < -0.39 is 42.5 Å². The molecule has 2 aromatic rings. The number of rotatable bonds is 5. The van der Waals surface area contributed by atoms with Crippen LogP contribution in [-0.2, 0) is 23.7 Å². The fraction of sp³-hybridized carbons (Fsp3) is 0.423. The Kier molecular flexibility index (Phi) is 6.11. The second-order valence-electron chi connectivity index (χ2n) is 8.64. The number of carbonyl (C=O) groups excluding carboxylic acids is 1. The number of esters is 1. The lowest BCUT2D eigenvalue weighted by molar-refractivity contribution is -0.255. The van der Waals surface area contributed by atoms with Crippen molar-refractivity contribution in [2.75, 3.05) is 0 Å². The topological polar surface area (TPSA) is 74.2 Å². The van der Waals surface area contributed by atoms with Gasteiger partial charge in [0.05, 0.1) is 0 Å². The molecule has 0 unspecified atom stereocenters. The van der Waals surface area contributed by atoms with Crippen molar-refractivity contribution in [2.24, 2.45) is 0 Å². The molecule has 32 heavy (non-hydrogen) atoms. The predicted molar refractivity (Wildman–Crippen MR) is 117 cm³/mol. The molecule has 5 rings (SSSR count). The quantitative estimate of drug-likeness (QED) is 0.561. The Hall–Kier alpha value is -2.51. The Bertz CT molecular complexity index is 937. The zero-order valence-corrected chi connectivity index (χ0v) is 17.8. The average molecular weight is 437 g/mol. The van der Waals surface area contributed by atoms with Crippen molar-refractivity contribution in [3.63, 3.8) is 0 Å². The molecule has 2 heterocycles. The van der Waals surface area contributed by atoms with E-state index in [1.54, 1.807) is 6.08 Å². The van der Waals surface area contributed by atoms with Gasteiger partial charge in [0, 0.05) is 18.9 Å². The minimum absolute atomic E-state index is 0.513. The van der Waals surface area contributed by atoms with E-state index >= 15 is 0 Å². The number of fused-ring (bicyclic) bond motifs is 1. The summed E-state index contributed by atoms with van der Waals surface area (Å²) >= 11 is 0. The molecule has 0 aromatic heterocycles. The molecule has 0 bridgehead atoms. The maximum atomic E-state index is 12.6. The number of carbonyl (C=O) groups is 1. The zero-order valence-electron chi connectivity index (χ0n) is 17.8. The van der Waals surface area contributed by atoms with E-state index in [-0.39, 0.29) is 0 Å². The summed E-state index contributed by atoms with van der Waals surface area (Å²) in [7, 11) is 0. The van der Waals surface area contributed by atoms with Crippen LogP contribution in [0.15, 0.2) is 66.7 Å². The zero-order chi connectivity index (χ0) is 22.0. The van der Waals surface area contributed by atoms with Gasteiger partial charge >= 0.3 is 5.97 Å². The monoisotopic (exact) mass is 436 g/mol. The molecule has 0 radical (unpaired) electrons. The molecule has 0 amide bonds. The second kappa shape index (κ2) is 9.16. The lowest BCUT2D eigenvalue weighted by Gasteiger charge is -2.34. The van der Waals surface area contributed by atoms with E-state index in [1.165, 1.54) is 12.5 Å². The van der Waals surface area contributed by atoms with E-state index in [4.69, 9.17) is 18.9 Å². The maximum Gasteiger partial charge on any atom is 0.331 e. The lowest BCUT2D eigenvalue weighted by Crippen LogP contribution is -2.41. The first-order chi connectivity index (χ1) is 15.6. The number of benzene rings is 2. The molecule has 2 aliphatic heterocycles. The van der Waals surface area contributed by atoms with Crippen molar-refractivity contribution in [1.82, 2.24) is 0 Å². The molecular formula is C26H28O6. The summed E-state index contributed by atoms with van der Waals surface area (Å²) in [5.41, 5.74) is 1.64. The molecule has 1 saturated carbocycles. The van der Waals surface area contributed by atoms with Crippen LogP contribution in [0.3, 0.4) is 0 Å². The molecule has 3 aliphatic rings. The van der Waals surface area contributed by atoms with Crippen LogP contribution in [0.2, 0.25) is 0 Å². The Morgan fingerprint density at radius 2 is 1.69 bits per heavy atom. The molecular weight excluding hydrogens is 408 g/mol. The summed E-state index contributed by atoms with van der Waals surface area (Å²) in [5.74, 6) is -1.17. The van der Waals surface area contributed by atoms with Crippen LogP contribution >= 0.6 is 0 Å². The van der Waals surface area contributed by atoms with Crippen molar-refractivity contribution in [2.45, 2.75) is 68.6 Å². The van der Waals surface area contributed by atoms with Gasteiger partial charge in [-0.15, -0.1) is 0 Å². The molecule has 1 N–H and O–H groups in total. The lowest BCUT2D eigenvalue weighted by atomic mass is 9.94. The fourth-order valence-corrected chi connectivity index (χ4v) is 4.81. The van der Waals surface area contributed by atoms with Crippen LogP contribution in [-0.4, -0.2) is 41.5 Å². The third-order valence-electron chi connectivity index (χ3n) is 6.41. The number of ether oxygens (including phenoxy) is 4. The Morgan fingerprint density at radius 3 is 2.38 bits per heavy atom. The molecule has 6 heteroatoms. The van der Waals surface area contributed by atoms with Crippen molar-refractivity contribution in [3.05, 3.63) is 77.9 Å². The van der Waals surface area contributed by atoms with Crippen LogP contribution in [0, 0.1) is 0 Å². The van der Waals surface area contributed by atoms with E-state index in [1.807, 2.05) is 60.7 Å². The van der Waals surface area contributed by atoms with Gasteiger partial charge in [-0.3, -0.25) is 0 Å². The summed E-state index contributed by atoms with van der Waals surface area (Å²) in [6.45, 7) is 0. The molecule has 2 aromatic carbocycles. The summed E-state index contributed by atoms with van der Waals surface area (Å²) in [4.78, 5) is 12.6. The maximum absolute atomic E-state index is 12.6. The normalized spacial score (nSPS) is 29.8. The largest absolute Gasteiger partial charge is 0.451 e. The van der Waals surface area contributed by atoms with Crippen LogP contribution in [0.5, 0.6) is 0 Å². The molecule has 6 nitrogen and oxygen atoms in total. The second-order valence-corrected chi connectivity index (χ2v) is 8.64. The minimum Gasteiger partial charge on any atom is -0.451 e. The summed E-state index contributed by atoms with van der Waals surface area (Å²) in [6, 6.07) is 18.8. The van der Waals surface area contributed by atoms with Crippen molar-refractivity contribution >= 4 is 12.0 Å². The number of hydrogen-bond acceptors (Lipinski definition) is 6. The third-order valence-corrected chi connectivity index (χ3v) is 6.41. The van der Waals surface area contributed by atoms with Gasteiger partial charge in [-0.2, -0.15) is 0 Å². The van der Waals surface area contributed by atoms with Gasteiger partial charge in [0.2, 0.25) is 0 Å². The number of aliphatic hydroxyl groups is 1. The minimum atomic E-state index is -0.975. The van der Waals surface area contributed by atoms with Gasteiger partial charge in [-0.25, -0.2) is 4.79 Å². The highest BCUT2D eigenvalue weighted by molar-refractivity contribution is 5.87. The molecule has 3 fully saturated rings. The first-order valence-electron chi connectivity index (χ1n) is 11.3. The van der Waals surface area contributed by atoms with Gasteiger partial charge in [-0.05, 0) is 30.0 Å². The Morgan fingerprint density at radius 1 is 1.00 bits per heavy atom. The van der Waals surface area contributed by atoms with Crippen LogP contribution < -0.4 is 0 Å². The Balaban J connectivity index is 1.32.